The molecule has 66 heavy (non-hydrogen) atoms. The molecular weight excluding hydrogens is 939 g/mol. The Morgan fingerprint density at radius 1 is 0.591 bits per heavy atom. The molecule has 12 nitrogen and oxygen atoms in total. The van der Waals surface area contributed by atoms with Crippen molar-refractivity contribution in [2.24, 2.45) is 11.8 Å². The van der Waals surface area contributed by atoms with E-state index in [0.29, 0.717) is 28.4 Å². The molecule has 0 unspecified atom stereocenters. The van der Waals surface area contributed by atoms with Crippen molar-refractivity contribution in [1.29, 1.82) is 0 Å². The maximum atomic E-state index is 12.0. The van der Waals surface area contributed by atoms with E-state index in [4.69, 9.17) is 9.31 Å². The monoisotopic (exact) mass is 1000 g/mol. The number of halogens is 1. The van der Waals surface area contributed by atoms with Gasteiger partial charge in [0.15, 0.2) is 19.7 Å². The van der Waals surface area contributed by atoms with Crippen molar-refractivity contribution in [1.82, 2.24) is 19.6 Å². The van der Waals surface area contributed by atoms with Crippen molar-refractivity contribution < 1.29 is 36.4 Å². The lowest BCUT2D eigenvalue weighted by Gasteiger charge is -2.32. The van der Waals surface area contributed by atoms with Crippen molar-refractivity contribution in [2.75, 3.05) is 12.5 Å². The van der Waals surface area contributed by atoms with E-state index in [-0.39, 0.29) is 23.0 Å². The Kier molecular flexibility index (Phi) is 16.9. The summed E-state index contributed by atoms with van der Waals surface area (Å²) in [6.07, 6.45) is 2.28. The van der Waals surface area contributed by atoms with Gasteiger partial charge in [-0.1, -0.05) is 104 Å². The summed E-state index contributed by atoms with van der Waals surface area (Å²) in [7, 11) is -7.46. The number of hydrogen-bond acceptors (Lipinski definition) is 10. The second-order valence-corrected chi connectivity index (χ2v) is 23.6. The number of aryl methyl sites for hydroxylation is 2. The molecular formula is C50H64BBrN4O8S2. The van der Waals surface area contributed by atoms with E-state index in [2.05, 4.69) is 94.9 Å². The van der Waals surface area contributed by atoms with E-state index < -0.39 is 38.0 Å². The van der Waals surface area contributed by atoms with Crippen LogP contribution < -0.4 is 5.46 Å². The minimum atomic E-state index is -3.43. The second-order valence-electron chi connectivity index (χ2n) is 18.7. The second kappa shape index (κ2) is 21.3. The first kappa shape index (κ1) is 52.6. The van der Waals surface area contributed by atoms with Crippen LogP contribution in [0.5, 0.6) is 0 Å². The summed E-state index contributed by atoms with van der Waals surface area (Å²) in [5.74, 6) is 1.10. The summed E-state index contributed by atoms with van der Waals surface area (Å²) in [5, 5.41) is 27.8. The highest BCUT2D eigenvalue weighted by atomic mass is 79.9. The first-order valence-electron chi connectivity index (χ1n) is 21.9. The summed E-state index contributed by atoms with van der Waals surface area (Å²) in [5.41, 5.74) is 8.78. The fourth-order valence-electron chi connectivity index (χ4n) is 7.36. The first-order valence-corrected chi connectivity index (χ1v) is 26.5. The van der Waals surface area contributed by atoms with Crippen LogP contribution in [0.25, 0.3) is 33.6 Å². The van der Waals surface area contributed by atoms with Gasteiger partial charge in [-0.2, -0.15) is 10.2 Å². The smallest absolute Gasteiger partial charge is 0.399 e. The minimum Gasteiger partial charge on any atom is -0.399 e. The molecule has 4 aromatic carbocycles. The number of aliphatic hydroxyl groups is 2. The summed E-state index contributed by atoms with van der Waals surface area (Å²) in [4.78, 5) is 0.277. The first-order chi connectivity index (χ1) is 30.7. The van der Waals surface area contributed by atoms with Gasteiger partial charge in [0.25, 0.3) is 0 Å². The largest absolute Gasteiger partial charge is 0.494 e. The number of rotatable bonds is 12. The van der Waals surface area contributed by atoms with Crippen LogP contribution >= 0.6 is 15.9 Å². The minimum absolute atomic E-state index is 0.109. The van der Waals surface area contributed by atoms with E-state index >= 15 is 0 Å². The molecule has 0 radical (unpaired) electrons. The highest BCUT2D eigenvalue weighted by molar-refractivity contribution is 9.10. The Morgan fingerprint density at radius 2 is 0.970 bits per heavy atom. The molecule has 1 fully saturated rings. The summed E-state index contributed by atoms with van der Waals surface area (Å²) >= 11 is 3.46. The van der Waals surface area contributed by atoms with Crippen LogP contribution in [0.15, 0.2) is 111 Å². The van der Waals surface area contributed by atoms with Gasteiger partial charge in [-0.25, -0.2) is 16.8 Å². The molecule has 1 aliphatic heterocycles. The molecule has 0 spiro atoms. The van der Waals surface area contributed by atoms with Crippen molar-refractivity contribution in [3.63, 3.8) is 0 Å². The molecule has 1 aliphatic rings. The molecule has 7 rings (SSSR count). The topological polar surface area (TPSA) is 163 Å². The SMILES string of the molecule is CC1(C)OB(c2ccc(CO)c(S(C)(=O)=O)c2)OC1(C)C.Cc1cc(-c2ccc(-c3ccc(CO)c(S(C)(=O)=O)c3)cc2)n(CC(C)C)n1.Cc1cc(-c2ccc(Br)cc2)n(CC(C)C)n1. The van der Waals surface area contributed by atoms with Gasteiger partial charge >= 0.3 is 7.12 Å². The molecule has 16 heteroatoms. The van der Waals surface area contributed by atoms with Gasteiger partial charge in [-0.05, 0) is 129 Å². The van der Waals surface area contributed by atoms with Crippen molar-refractivity contribution in [3.05, 3.63) is 124 Å². The third kappa shape index (κ3) is 13.2. The number of sulfone groups is 2. The van der Waals surface area contributed by atoms with E-state index in [1.54, 1.807) is 24.3 Å². The third-order valence-corrected chi connectivity index (χ3v) is 14.2. The van der Waals surface area contributed by atoms with E-state index in [1.807, 2.05) is 76.6 Å². The van der Waals surface area contributed by atoms with Crippen LogP contribution in [0.1, 0.15) is 77.9 Å². The lowest BCUT2D eigenvalue weighted by atomic mass is 9.79. The van der Waals surface area contributed by atoms with E-state index in [0.717, 1.165) is 63.8 Å². The number of nitrogens with zero attached hydrogens (tertiary/aromatic N) is 4. The normalized spacial score (nSPS) is 14.5. The Morgan fingerprint density at radius 3 is 1.38 bits per heavy atom. The maximum Gasteiger partial charge on any atom is 0.494 e. The molecule has 0 bridgehead atoms. The molecule has 0 atom stereocenters. The molecule has 0 amide bonds. The highest BCUT2D eigenvalue weighted by Gasteiger charge is 2.51. The lowest BCUT2D eigenvalue weighted by Crippen LogP contribution is -2.41. The maximum absolute atomic E-state index is 12.0. The number of benzene rings is 4. The van der Waals surface area contributed by atoms with Crippen molar-refractivity contribution in [3.8, 4) is 33.6 Å². The average Bonchev–Trinajstić information content (AvgIpc) is 3.86. The number of hydrogen-bond donors (Lipinski definition) is 2. The van der Waals surface area contributed by atoms with Crippen LogP contribution in [0.3, 0.4) is 0 Å². The van der Waals surface area contributed by atoms with Gasteiger partial charge in [0.2, 0.25) is 0 Å². The third-order valence-electron chi connectivity index (χ3n) is 11.4. The molecule has 1 saturated heterocycles. The quantitative estimate of drug-likeness (QED) is 0.113. The fraction of sp³-hybridized carbons (Fsp3) is 0.400. The Balaban J connectivity index is 0.000000192. The Bertz CT molecular complexity index is 2820. The molecule has 0 saturated carbocycles. The molecule has 0 aliphatic carbocycles. The van der Waals surface area contributed by atoms with Crippen LogP contribution in [0.2, 0.25) is 0 Å². The molecule has 354 valence electrons. The molecule has 3 heterocycles. The van der Waals surface area contributed by atoms with Gasteiger partial charge in [0, 0.05) is 30.1 Å². The van der Waals surface area contributed by atoms with Crippen LogP contribution in [0.4, 0.5) is 0 Å². The Hall–Kier alpha value is -4.42. The zero-order valence-electron chi connectivity index (χ0n) is 40.1. The summed E-state index contributed by atoms with van der Waals surface area (Å²) < 4.78 is 64.8. The molecule has 2 aromatic heterocycles. The van der Waals surface area contributed by atoms with Gasteiger partial charge in [-0.15, -0.1) is 0 Å². The van der Waals surface area contributed by atoms with E-state index in [9.17, 15) is 27.0 Å². The van der Waals surface area contributed by atoms with E-state index in [1.165, 1.54) is 17.3 Å². The van der Waals surface area contributed by atoms with Crippen LogP contribution in [0, 0.1) is 25.7 Å². The van der Waals surface area contributed by atoms with Gasteiger partial charge in [0.05, 0.1) is 57.0 Å². The summed E-state index contributed by atoms with van der Waals surface area (Å²) in [6.45, 7) is 21.7. The number of aliphatic hydroxyl groups excluding tert-OH is 2. The average molecular weight is 1000 g/mol. The van der Waals surface area contributed by atoms with Crippen molar-refractivity contribution >= 4 is 48.2 Å². The van der Waals surface area contributed by atoms with Gasteiger partial charge in [-0.3, -0.25) is 9.36 Å². The molecule has 2 N–H and O–H groups in total. The van der Waals surface area contributed by atoms with Crippen LogP contribution in [-0.2, 0) is 55.3 Å². The standard InChI is InChI=1S/C22H26N2O3S.C14H21BO5S.C14H17BrN2/c1-15(2)13-24-21(11-16(3)23-24)18-7-5-17(6-8-18)19-9-10-20(14-25)22(12-19)28(4,26)27;1-13(2)14(3,4)20-15(19-13)11-7-6-10(9-16)12(8-11)21(5,17)18;1-10(2)9-17-14(8-11(3)16-17)12-4-6-13(15)7-5-12/h5-12,15,25H,13-14H2,1-4H3;6-8,16H,9H2,1-5H3;4-8,10H,9H2,1-3H3. The number of aromatic nitrogens is 4. The molecule has 6 aromatic rings. The predicted molar refractivity (Wildman–Crippen MR) is 268 cm³/mol. The van der Waals surface area contributed by atoms with Gasteiger partial charge < -0.3 is 19.5 Å². The predicted octanol–water partition coefficient (Wildman–Crippen LogP) is 9.24. The van der Waals surface area contributed by atoms with Gasteiger partial charge in [0.1, 0.15) is 0 Å². The zero-order chi connectivity index (χ0) is 48.9. The summed E-state index contributed by atoms with van der Waals surface area (Å²) in [6, 6.07) is 30.6. The van der Waals surface area contributed by atoms with Crippen molar-refractivity contribution in [2.45, 2.75) is 117 Å². The van der Waals surface area contributed by atoms with Crippen LogP contribution in [-0.4, -0.2) is 77.4 Å². The zero-order valence-corrected chi connectivity index (χ0v) is 43.3. The highest BCUT2D eigenvalue weighted by Crippen LogP contribution is 2.37. The fourth-order valence-corrected chi connectivity index (χ4v) is 9.54. The lowest BCUT2D eigenvalue weighted by molar-refractivity contribution is 0.00578. The Labute approximate surface area is 400 Å².